The third kappa shape index (κ3) is 2.34. The Hall–Kier alpha value is -0.290. The Labute approximate surface area is 86.0 Å². The van der Waals surface area contributed by atoms with E-state index in [9.17, 15) is 13.2 Å². The minimum absolute atomic E-state index is 0.0890. The lowest BCUT2D eigenvalue weighted by molar-refractivity contribution is 0.145. The minimum Gasteiger partial charge on any atom is -0.235 e. The summed E-state index contributed by atoms with van der Waals surface area (Å²) < 4.78 is 37.1. The number of halogens is 5. The lowest BCUT2D eigenvalue weighted by Gasteiger charge is -2.04. The molecule has 0 fully saturated rings. The van der Waals surface area contributed by atoms with Crippen molar-refractivity contribution in [2.75, 3.05) is 0 Å². The van der Waals surface area contributed by atoms with E-state index < -0.39 is 17.9 Å². The first-order valence-electron chi connectivity index (χ1n) is 3.25. The average molecular weight is 274 g/mol. The van der Waals surface area contributed by atoms with E-state index in [4.69, 9.17) is 11.6 Å². The van der Waals surface area contributed by atoms with Crippen LogP contribution in [0.5, 0.6) is 0 Å². The summed E-state index contributed by atoms with van der Waals surface area (Å²) >= 11 is 8.43. The quantitative estimate of drug-likeness (QED) is 0.592. The van der Waals surface area contributed by atoms with Crippen molar-refractivity contribution in [1.82, 2.24) is 4.98 Å². The predicted octanol–water partition coefficient (Wildman–Crippen LogP) is 3.71. The maximum atomic E-state index is 13.0. The van der Waals surface area contributed by atoms with Crippen molar-refractivity contribution in [3.63, 3.8) is 0 Å². The Morgan fingerprint density at radius 2 is 2.15 bits per heavy atom. The van der Waals surface area contributed by atoms with E-state index in [1.807, 2.05) is 0 Å². The Morgan fingerprint density at radius 3 is 2.54 bits per heavy atom. The maximum Gasteiger partial charge on any atom is 0.280 e. The van der Waals surface area contributed by atoms with Crippen molar-refractivity contribution in [1.29, 1.82) is 0 Å². The number of hydrogen-bond acceptors (Lipinski definition) is 1. The highest BCUT2D eigenvalue weighted by Gasteiger charge is 2.15. The van der Waals surface area contributed by atoms with Gasteiger partial charge in [-0.05, 0) is 0 Å². The fourth-order valence-corrected chi connectivity index (χ4v) is 1.71. The van der Waals surface area contributed by atoms with Crippen LogP contribution in [-0.4, -0.2) is 4.98 Å². The number of nitrogens with zero attached hydrogens (tertiary/aromatic N) is 1. The van der Waals surface area contributed by atoms with Gasteiger partial charge >= 0.3 is 0 Å². The van der Waals surface area contributed by atoms with Gasteiger partial charge in [-0.2, -0.15) is 0 Å². The third-order valence-electron chi connectivity index (χ3n) is 1.40. The van der Waals surface area contributed by atoms with Crippen LogP contribution in [0.15, 0.2) is 6.07 Å². The van der Waals surface area contributed by atoms with Gasteiger partial charge in [-0.25, -0.2) is 18.2 Å². The molecule has 0 unspecified atom stereocenters. The zero-order valence-electron chi connectivity index (χ0n) is 6.20. The van der Waals surface area contributed by atoms with Crippen molar-refractivity contribution in [2.45, 2.75) is 11.8 Å². The molecule has 0 radical (unpaired) electrons. The molecule has 0 aliphatic carbocycles. The maximum absolute atomic E-state index is 13.0. The second-order valence-corrected chi connectivity index (χ2v) is 3.15. The Balaban J connectivity index is 3.20. The Morgan fingerprint density at radius 1 is 1.54 bits per heavy atom. The van der Waals surface area contributed by atoms with Gasteiger partial charge < -0.3 is 0 Å². The van der Waals surface area contributed by atoms with Crippen LogP contribution in [0.3, 0.4) is 0 Å². The Kier molecular flexibility index (Phi) is 3.55. The fraction of sp³-hybridized carbons (Fsp3) is 0.286. The molecule has 0 amide bonds. The second-order valence-electron chi connectivity index (χ2n) is 2.23. The van der Waals surface area contributed by atoms with E-state index >= 15 is 0 Å². The van der Waals surface area contributed by atoms with Gasteiger partial charge in [-0.3, -0.25) is 0 Å². The zero-order valence-corrected chi connectivity index (χ0v) is 8.54. The average Bonchev–Trinajstić information content (AvgIpc) is 2.03. The normalized spacial score (nSPS) is 10.9. The molecule has 0 N–H and O–H groups in total. The number of alkyl halides is 3. The highest BCUT2D eigenvalue weighted by molar-refractivity contribution is 9.08. The first-order chi connectivity index (χ1) is 6.06. The van der Waals surface area contributed by atoms with Crippen LogP contribution in [0.4, 0.5) is 13.2 Å². The number of aromatic nitrogens is 1. The number of pyridine rings is 1. The van der Waals surface area contributed by atoms with Crippen LogP contribution in [-0.2, 0) is 5.33 Å². The van der Waals surface area contributed by atoms with Gasteiger partial charge in [-0.15, -0.1) is 0 Å². The van der Waals surface area contributed by atoms with Crippen LogP contribution in [0.25, 0.3) is 0 Å². The summed E-state index contributed by atoms with van der Waals surface area (Å²) in [5.41, 5.74) is -0.557. The van der Waals surface area contributed by atoms with E-state index in [-0.39, 0.29) is 16.0 Å². The van der Waals surface area contributed by atoms with Gasteiger partial charge in [0, 0.05) is 17.0 Å². The summed E-state index contributed by atoms with van der Waals surface area (Å²) in [5, 5.41) is -0.0825. The summed E-state index contributed by atoms with van der Waals surface area (Å²) in [7, 11) is 0. The molecule has 0 aliphatic rings. The molecule has 0 saturated heterocycles. The molecule has 0 aromatic carbocycles. The highest BCUT2D eigenvalue weighted by Crippen LogP contribution is 2.25. The molecule has 1 rings (SSSR count). The first kappa shape index (κ1) is 10.8. The molecule has 72 valence electrons. The summed E-state index contributed by atoms with van der Waals surface area (Å²) in [5.74, 6) is -0.771. The minimum atomic E-state index is -2.81. The van der Waals surface area contributed by atoms with E-state index in [0.29, 0.717) is 6.07 Å². The monoisotopic (exact) mass is 273 g/mol. The largest absolute Gasteiger partial charge is 0.280 e. The molecule has 13 heavy (non-hydrogen) atoms. The lowest BCUT2D eigenvalue weighted by Crippen LogP contribution is -1.97. The van der Waals surface area contributed by atoms with Crippen LogP contribution in [0, 0.1) is 5.82 Å². The van der Waals surface area contributed by atoms with Crippen LogP contribution in [0.1, 0.15) is 17.7 Å². The van der Waals surface area contributed by atoms with E-state index in [0.717, 1.165) is 0 Å². The first-order valence-corrected chi connectivity index (χ1v) is 4.75. The second kappa shape index (κ2) is 4.28. The molecule has 1 heterocycles. The molecular formula is C7H4BrClF3N. The molecule has 0 bridgehead atoms. The summed E-state index contributed by atoms with van der Waals surface area (Å²) in [6, 6.07) is 0.688. The van der Waals surface area contributed by atoms with Gasteiger partial charge in [-0.1, -0.05) is 27.5 Å². The summed E-state index contributed by atoms with van der Waals surface area (Å²) in [6.45, 7) is 0. The van der Waals surface area contributed by atoms with Crippen LogP contribution in [0.2, 0.25) is 5.15 Å². The molecule has 0 atom stereocenters. The fourth-order valence-electron chi connectivity index (χ4n) is 0.759. The number of hydrogen-bond donors (Lipinski definition) is 0. The van der Waals surface area contributed by atoms with E-state index in [1.165, 1.54) is 0 Å². The van der Waals surface area contributed by atoms with Gasteiger partial charge in [0.1, 0.15) is 16.7 Å². The standard InChI is InChI=1S/C7H4BrClF3N/c8-2-3-4(10)1-5(7(11)12)13-6(3)9/h1,7H,2H2. The lowest BCUT2D eigenvalue weighted by atomic mass is 10.2. The highest BCUT2D eigenvalue weighted by atomic mass is 79.9. The van der Waals surface area contributed by atoms with Crippen molar-refractivity contribution >= 4 is 27.5 Å². The zero-order chi connectivity index (χ0) is 10.0. The molecule has 1 nitrogen and oxygen atoms in total. The summed E-state index contributed by atoms with van der Waals surface area (Å²) in [4.78, 5) is 3.35. The number of rotatable bonds is 2. The molecule has 1 aromatic rings. The molecule has 0 aliphatic heterocycles. The van der Waals surface area contributed by atoms with Gasteiger partial charge in [0.2, 0.25) is 0 Å². The van der Waals surface area contributed by atoms with Gasteiger partial charge in [0.05, 0.1) is 0 Å². The SMILES string of the molecule is Fc1cc(C(F)F)nc(Cl)c1CBr. The molecule has 0 saturated carbocycles. The smallest absolute Gasteiger partial charge is 0.235 e. The Bertz CT molecular complexity index is 296. The van der Waals surface area contributed by atoms with Gasteiger partial charge in [0.25, 0.3) is 6.43 Å². The van der Waals surface area contributed by atoms with Crippen molar-refractivity contribution in [3.05, 3.63) is 28.3 Å². The summed E-state index contributed by atoms with van der Waals surface area (Å²) in [6.07, 6.45) is -2.81. The topological polar surface area (TPSA) is 12.9 Å². The van der Waals surface area contributed by atoms with Crippen molar-refractivity contribution in [2.24, 2.45) is 0 Å². The van der Waals surface area contributed by atoms with E-state index in [2.05, 4.69) is 20.9 Å². The predicted molar refractivity (Wildman–Crippen MR) is 46.8 cm³/mol. The third-order valence-corrected chi connectivity index (χ3v) is 2.27. The molecule has 0 spiro atoms. The van der Waals surface area contributed by atoms with Crippen molar-refractivity contribution < 1.29 is 13.2 Å². The van der Waals surface area contributed by atoms with Crippen LogP contribution < -0.4 is 0 Å². The molecule has 6 heteroatoms. The molecular weight excluding hydrogens is 270 g/mol. The van der Waals surface area contributed by atoms with E-state index in [1.54, 1.807) is 0 Å². The van der Waals surface area contributed by atoms with Gasteiger partial charge in [0.15, 0.2) is 0 Å². The molecule has 1 aromatic heterocycles. The van der Waals surface area contributed by atoms with Crippen molar-refractivity contribution in [3.8, 4) is 0 Å². The van der Waals surface area contributed by atoms with Crippen LogP contribution >= 0.6 is 27.5 Å².